The van der Waals surface area contributed by atoms with Crippen molar-refractivity contribution in [2.75, 3.05) is 32.8 Å². The van der Waals surface area contributed by atoms with Crippen LogP contribution in [0.1, 0.15) is 44.9 Å². The van der Waals surface area contributed by atoms with Gasteiger partial charge in [0.25, 0.3) is 17.7 Å². The highest BCUT2D eigenvalue weighted by Crippen LogP contribution is 2.22. The van der Waals surface area contributed by atoms with E-state index in [0.717, 1.165) is 4.90 Å². The lowest BCUT2D eigenvalue weighted by Gasteiger charge is -2.18. The summed E-state index contributed by atoms with van der Waals surface area (Å²) < 4.78 is 31.3. The van der Waals surface area contributed by atoms with E-state index in [2.05, 4.69) is 5.32 Å². The molecule has 11 heteroatoms. The number of benzene rings is 2. The number of imide groups is 1. The summed E-state index contributed by atoms with van der Waals surface area (Å²) in [7, 11) is -3.64. The van der Waals surface area contributed by atoms with E-state index in [-0.39, 0.29) is 23.6 Å². The Hall–Kier alpha value is -3.57. The molecule has 1 N–H and O–H groups in total. The molecule has 0 unspecified atom stereocenters. The molecule has 34 heavy (non-hydrogen) atoms. The van der Waals surface area contributed by atoms with Crippen LogP contribution in [-0.4, -0.2) is 74.1 Å². The highest BCUT2D eigenvalue weighted by Gasteiger charge is 2.34. The number of carbonyl (C=O) groups is 4. The van der Waals surface area contributed by atoms with Gasteiger partial charge in [-0.25, -0.2) is 8.42 Å². The number of hydrogen-bond acceptors (Lipinski definition) is 7. The number of carbonyl (C=O) groups excluding carboxylic acids is 4. The number of nitrogens with zero attached hydrogens (tertiary/aromatic N) is 2. The van der Waals surface area contributed by atoms with E-state index < -0.39 is 40.3 Å². The molecule has 2 aromatic rings. The number of nitrogens with one attached hydrogen (secondary N) is 1. The minimum atomic E-state index is -3.64. The van der Waals surface area contributed by atoms with E-state index in [9.17, 15) is 27.6 Å². The van der Waals surface area contributed by atoms with E-state index in [1.807, 2.05) is 0 Å². The Morgan fingerprint density at radius 2 is 1.50 bits per heavy atom. The van der Waals surface area contributed by atoms with Gasteiger partial charge in [0.15, 0.2) is 0 Å². The van der Waals surface area contributed by atoms with Crippen LogP contribution in [0.5, 0.6) is 0 Å². The number of hydrogen-bond donors (Lipinski definition) is 1. The quantitative estimate of drug-likeness (QED) is 0.395. The molecule has 0 spiro atoms. The third-order valence-corrected chi connectivity index (χ3v) is 7.37. The van der Waals surface area contributed by atoms with Gasteiger partial charge in [-0.05, 0) is 36.4 Å². The van der Waals surface area contributed by atoms with Crippen molar-refractivity contribution < 1.29 is 32.3 Å². The van der Waals surface area contributed by atoms with Crippen LogP contribution >= 0.6 is 0 Å². The largest absolute Gasteiger partial charge is 0.462 e. The average molecular weight is 488 g/mol. The predicted octanol–water partition coefficient (Wildman–Crippen LogP) is 1.29. The van der Waals surface area contributed by atoms with Crippen molar-refractivity contribution in [1.82, 2.24) is 14.5 Å². The van der Waals surface area contributed by atoms with Crippen LogP contribution in [0.4, 0.5) is 0 Å². The fourth-order valence-electron chi connectivity index (χ4n) is 3.49. The number of ether oxygens (including phenoxy) is 1. The molecule has 10 nitrogen and oxygen atoms in total. The second kappa shape index (κ2) is 10.6. The Balaban J connectivity index is 1.47. The molecule has 0 saturated heterocycles. The van der Waals surface area contributed by atoms with Gasteiger partial charge in [-0.15, -0.1) is 0 Å². The Kier molecular flexibility index (Phi) is 7.79. The summed E-state index contributed by atoms with van der Waals surface area (Å²) in [5.41, 5.74) is 0.793. The minimum Gasteiger partial charge on any atom is -0.462 e. The average Bonchev–Trinajstić information content (AvgIpc) is 3.08. The van der Waals surface area contributed by atoms with Crippen molar-refractivity contribution >= 4 is 33.7 Å². The van der Waals surface area contributed by atoms with Crippen LogP contribution < -0.4 is 5.32 Å². The molecule has 0 radical (unpaired) electrons. The fourth-order valence-corrected chi connectivity index (χ4v) is 4.95. The summed E-state index contributed by atoms with van der Waals surface area (Å²) in [6, 6.07) is 11.8. The zero-order chi connectivity index (χ0) is 24.9. The molecule has 3 amide bonds. The molecule has 1 aliphatic rings. The standard InChI is InChI=1S/C23H25N3O7S/c1-3-25(4-2)34(31,32)17-11-9-16(10-12-17)21(28)24-15-20(27)33-14-13-26-22(29)18-7-5-6-8-19(18)23(26)30/h5-12H,3-4,13-15H2,1-2H3,(H,24,28). The van der Waals surface area contributed by atoms with E-state index in [1.54, 1.807) is 38.1 Å². The fraction of sp³-hybridized carbons (Fsp3) is 0.304. The van der Waals surface area contributed by atoms with Crippen LogP contribution in [-0.2, 0) is 19.6 Å². The molecular formula is C23H25N3O7S. The number of sulfonamides is 1. The summed E-state index contributed by atoms with van der Waals surface area (Å²) in [6.45, 7) is 3.39. The van der Waals surface area contributed by atoms with Gasteiger partial charge in [-0.3, -0.25) is 24.1 Å². The second-order valence-electron chi connectivity index (χ2n) is 7.32. The maximum absolute atomic E-state index is 12.5. The van der Waals surface area contributed by atoms with Crippen LogP contribution in [0.2, 0.25) is 0 Å². The van der Waals surface area contributed by atoms with Gasteiger partial charge in [0.2, 0.25) is 10.0 Å². The normalized spacial score (nSPS) is 13.2. The molecule has 2 aromatic carbocycles. The van der Waals surface area contributed by atoms with Gasteiger partial charge in [0.1, 0.15) is 13.2 Å². The van der Waals surface area contributed by atoms with Crippen molar-refractivity contribution in [2.24, 2.45) is 0 Å². The van der Waals surface area contributed by atoms with Crippen molar-refractivity contribution in [2.45, 2.75) is 18.7 Å². The Morgan fingerprint density at radius 3 is 2.03 bits per heavy atom. The molecular weight excluding hydrogens is 462 g/mol. The first kappa shape index (κ1) is 25.1. The summed E-state index contributed by atoms with van der Waals surface area (Å²) in [5, 5.41) is 2.39. The molecule has 3 rings (SSSR count). The molecule has 0 atom stereocenters. The van der Waals surface area contributed by atoms with Crippen LogP contribution in [0, 0.1) is 0 Å². The first-order valence-electron chi connectivity index (χ1n) is 10.7. The number of rotatable bonds is 10. The summed E-state index contributed by atoms with van der Waals surface area (Å²) in [4.78, 5) is 49.9. The first-order valence-corrected chi connectivity index (χ1v) is 12.1. The topological polar surface area (TPSA) is 130 Å². The monoisotopic (exact) mass is 487 g/mol. The smallest absolute Gasteiger partial charge is 0.325 e. The van der Waals surface area contributed by atoms with E-state index in [0.29, 0.717) is 24.2 Å². The van der Waals surface area contributed by atoms with Crippen molar-refractivity contribution in [3.8, 4) is 0 Å². The SMILES string of the molecule is CCN(CC)S(=O)(=O)c1ccc(C(=O)NCC(=O)OCCN2C(=O)c3ccccc3C2=O)cc1. The molecule has 180 valence electrons. The van der Waals surface area contributed by atoms with Gasteiger partial charge >= 0.3 is 5.97 Å². The van der Waals surface area contributed by atoms with Crippen LogP contribution in [0.25, 0.3) is 0 Å². The molecule has 0 aliphatic carbocycles. The van der Waals surface area contributed by atoms with Gasteiger partial charge < -0.3 is 10.1 Å². The number of fused-ring (bicyclic) bond motifs is 1. The van der Waals surface area contributed by atoms with E-state index in [4.69, 9.17) is 4.74 Å². The maximum Gasteiger partial charge on any atom is 0.325 e. The molecule has 1 heterocycles. The number of amides is 3. The third kappa shape index (κ3) is 5.15. The molecule has 0 aromatic heterocycles. The van der Waals surface area contributed by atoms with Gasteiger partial charge in [0.05, 0.1) is 22.6 Å². The highest BCUT2D eigenvalue weighted by atomic mass is 32.2. The zero-order valence-electron chi connectivity index (χ0n) is 18.8. The molecule has 0 saturated carbocycles. The Morgan fingerprint density at radius 1 is 0.941 bits per heavy atom. The lowest BCUT2D eigenvalue weighted by molar-refractivity contribution is -0.142. The van der Waals surface area contributed by atoms with Crippen molar-refractivity contribution in [3.05, 3.63) is 65.2 Å². The zero-order valence-corrected chi connectivity index (χ0v) is 19.6. The Labute approximate surface area is 197 Å². The predicted molar refractivity (Wildman–Crippen MR) is 122 cm³/mol. The van der Waals surface area contributed by atoms with Crippen LogP contribution in [0.15, 0.2) is 53.4 Å². The van der Waals surface area contributed by atoms with Gasteiger partial charge in [-0.1, -0.05) is 26.0 Å². The summed E-state index contributed by atoms with van der Waals surface area (Å²) in [6.07, 6.45) is 0. The Bertz CT molecular complexity index is 1170. The second-order valence-corrected chi connectivity index (χ2v) is 9.26. The van der Waals surface area contributed by atoms with E-state index >= 15 is 0 Å². The van der Waals surface area contributed by atoms with E-state index in [1.165, 1.54) is 28.6 Å². The van der Waals surface area contributed by atoms with Crippen LogP contribution in [0.3, 0.4) is 0 Å². The number of esters is 1. The highest BCUT2D eigenvalue weighted by molar-refractivity contribution is 7.89. The van der Waals surface area contributed by atoms with Gasteiger partial charge in [0, 0.05) is 18.7 Å². The van der Waals surface area contributed by atoms with Crippen molar-refractivity contribution in [1.29, 1.82) is 0 Å². The first-order chi connectivity index (χ1) is 16.2. The minimum absolute atomic E-state index is 0.0697. The summed E-state index contributed by atoms with van der Waals surface area (Å²) in [5.74, 6) is -2.22. The van der Waals surface area contributed by atoms with Crippen molar-refractivity contribution in [3.63, 3.8) is 0 Å². The molecule has 0 fully saturated rings. The third-order valence-electron chi connectivity index (χ3n) is 5.31. The maximum atomic E-state index is 12.5. The lowest BCUT2D eigenvalue weighted by Crippen LogP contribution is -2.35. The molecule has 1 aliphatic heterocycles. The van der Waals surface area contributed by atoms with Gasteiger partial charge in [-0.2, -0.15) is 4.31 Å². The molecule has 0 bridgehead atoms. The lowest BCUT2D eigenvalue weighted by atomic mass is 10.1. The summed E-state index contributed by atoms with van der Waals surface area (Å²) >= 11 is 0.